The Morgan fingerprint density at radius 3 is 1.57 bits per heavy atom. The number of aromatic nitrogens is 8. The molecule has 4 heterocycles. The number of nitrogens with one attached hydrogen (secondary N) is 2. The molecule has 0 radical (unpaired) electrons. The number of nitrogens with two attached hydrogens (primary N) is 2. The number of ether oxygens (including phenoxy) is 1. The van der Waals surface area contributed by atoms with Crippen molar-refractivity contribution in [2.45, 2.75) is 14.9 Å². The number of amides is 2. The van der Waals surface area contributed by atoms with Gasteiger partial charge in [0, 0.05) is 36.3 Å². The second-order valence-electron chi connectivity index (χ2n) is 11.6. The van der Waals surface area contributed by atoms with Crippen LogP contribution in [-0.4, -0.2) is 63.5 Å². The van der Waals surface area contributed by atoms with Crippen molar-refractivity contribution in [1.82, 2.24) is 39.5 Å². The van der Waals surface area contributed by atoms with E-state index in [4.69, 9.17) is 16.2 Å². The van der Waals surface area contributed by atoms with Crippen molar-refractivity contribution >= 4 is 33.9 Å². The maximum Gasteiger partial charge on any atom is 0.248 e. The van der Waals surface area contributed by atoms with Crippen molar-refractivity contribution in [2.24, 2.45) is 25.6 Å². The van der Waals surface area contributed by atoms with Crippen molar-refractivity contribution in [3.63, 3.8) is 0 Å². The standard InChI is InChI=1S/C19H17N5O2.C18H15N5O2.2CH4/c1-24-16(11-6-4-3-5-7-11)17(26-2)15(23-24)19-21-13-9-8-12(18(20)25)10-14(13)22-19;1-23-15(10-5-3-2-4-6-10)16(24)14(22-23)18-20-12-8-7-11(17(19)25)9-13(12)21-18;;/h3-10H,1-2H3,(H2,20,25)(H,21,22);2-9,24H,1H3,(H2,19,25)(H,20,21);2*1H4. The number of benzene rings is 4. The SMILES string of the molecule is C.C.COc1c(-c2nc3ccc(C(N)=O)cc3[nH]2)nn(C)c1-c1ccccc1.Cn1nc(-c2nc3ccc(C(N)=O)cc3[nH]2)c(O)c1-c1ccccc1. The minimum absolute atomic E-state index is 0. The number of H-pyrrole nitrogens is 2. The number of carbonyl (C=O) groups is 2. The molecule has 7 N–H and O–H groups in total. The van der Waals surface area contributed by atoms with E-state index in [-0.39, 0.29) is 20.6 Å². The van der Waals surface area contributed by atoms with Crippen LogP contribution in [0.5, 0.6) is 11.5 Å². The lowest BCUT2D eigenvalue weighted by atomic mass is 10.1. The van der Waals surface area contributed by atoms with E-state index in [9.17, 15) is 14.7 Å². The molecule has 8 rings (SSSR count). The van der Waals surface area contributed by atoms with Crippen LogP contribution in [-0.2, 0) is 14.1 Å². The molecule has 4 aromatic heterocycles. The van der Waals surface area contributed by atoms with E-state index in [0.29, 0.717) is 62.2 Å². The molecule has 270 valence electrons. The summed E-state index contributed by atoms with van der Waals surface area (Å²) in [4.78, 5) is 38.0. The van der Waals surface area contributed by atoms with E-state index in [1.807, 2.05) is 67.7 Å². The molecule has 14 nitrogen and oxygen atoms in total. The van der Waals surface area contributed by atoms with Crippen molar-refractivity contribution in [2.75, 3.05) is 7.11 Å². The van der Waals surface area contributed by atoms with Crippen LogP contribution in [0.4, 0.5) is 0 Å². The average molecular weight is 713 g/mol. The molecule has 4 aromatic carbocycles. The van der Waals surface area contributed by atoms with E-state index in [0.717, 1.165) is 22.3 Å². The maximum atomic E-state index is 11.4. The summed E-state index contributed by atoms with van der Waals surface area (Å²) in [5.41, 5.74) is 18.5. The van der Waals surface area contributed by atoms with Gasteiger partial charge in [-0.1, -0.05) is 75.5 Å². The molecule has 0 aliphatic heterocycles. The Bertz CT molecular complexity index is 2570. The van der Waals surface area contributed by atoms with Gasteiger partial charge in [0.2, 0.25) is 11.8 Å². The molecule has 2 amide bonds. The topological polar surface area (TPSA) is 209 Å². The third-order valence-electron chi connectivity index (χ3n) is 8.31. The number of rotatable bonds is 7. The molecule has 0 spiro atoms. The molecule has 0 atom stereocenters. The zero-order valence-corrected chi connectivity index (χ0v) is 27.7. The lowest BCUT2D eigenvalue weighted by Gasteiger charge is -2.05. The van der Waals surface area contributed by atoms with Crippen LogP contribution in [0.1, 0.15) is 35.6 Å². The number of imidazole rings is 2. The van der Waals surface area contributed by atoms with Gasteiger partial charge in [0.05, 0.1) is 29.2 Å². The monoisotopic (exact) mass is 712 g/mol. The Morgan fingerprint density at radius 1 is 0.660 bits per heavy atom. The van der Waals surface area contributed by atoms with Gasteiger partial charge in [0.25, 0.3) is 0 Å². The summed E-state index contributed by atoms with van der Waals surface area (Å²) in [6.07, 6.45) is 0. The minimum atomic E-state index is -0.509. The van der Waals surface area contributed by atoms with Gasteiger partial charge in [-0.25, -0.2) is 9.97 Å². The molecule has 0 saturated carbocycles. The maximum absolute atomic E-state index is 11.4. The van der Waals surface area contributed by atoms with Crippen molar-refractivity contribution < 1.29 is 19.4 Å². The van der Waals surface area contributed by atoms with Crippen LogP contribution >= 0.6 is 0 Å². The van der Waals surface area contributed by atoms with Gasteiger partial charge in [-0.05, 0) is 36.4 Å². The normalized spacial score (nSPS) is 10.6. The van der Waals surface area contributed by atoms with Crippen LogP contribution < -0.4 is 16.2 Å². The summed E-state index contributed by atoms with van der Waals surface area (Å²) in [7, 11) is 5.24. The Balaban J connectivity index is 0.000000197. The van der Waals surface area contributed by atoms with Crippen molar-refractivity contribution in [3.05, 3.63) is 108 Å². The molecular formula is C39H40N10O4. The van der Waals surface area contributed by atoms with Gasteiger partial charge in [0.15, 0.2) is 34.5 Å². The predicted octanol–water partition coefficient (Wildman–Crippen LogP) is 6.45. The van der Waals surface area contributed by atoms with Crippen LogP contribution in [0.25, 0.3) is 67.6 Å². The highest BCUT2D eigenvalue weighted by molar-refractivity contribution is 5.97. The van der Waals surface area contributed by atoms with Gasteiger partial charge in [-0.2, -0.15) is 10.2 Å². The molecule has 0 saturated heterocycles. The number of hydrogen-bond acceptors (Lipinski definition) is 8. The Hall–Kier alpha value is -7.22. The minimum Gasteiger partial charge on any atom is -0.504 e. The van der Waals surface area contributed by atoms with Crippen LogP contribution in [0, 0.1) is 0 Å². The Kier molecular flexibility index (Phi) is 10.4. The molecule has 0 aliphatic carbocycles. The fourth-order valence-corrected chi connectivity index (χ4v) is 5.91. The fourth-order valence-electron chi connectivity index (χ4n) is 5.91. The zero-order chi connectivity index (χ0) is 35.8. The molecule has 0 bridgehead atoms. The van der Waals surface area contributed by atoms with Crippen LogP contribution in [0.2, 0.25) is 0 Å². The van der Waals surface area contributed by atoms with Gasteiger partial charge in [-0.15, -0.1) is 0 Å². The molecule has 53 heavy (non-hydrogen) atoms. The second-order valence-corrected chi connectivity index (χ2v) is 11.6. The number of hydrogen-bond donors (Lipinski definition) is 5. The molecule has 14 heteroatoms. The number of fused-ring (bicyclic) bond motifs is 2. The smallest absolute Gasteiger partial charge is 0.248 e. The fraction of sp³-hybridized carbons (Fsp3) is 0.128. The van der Waals surface area contributed by atoms with Crippen molar-refractivity contribution in [3.8, 4) is 57.1 Å². The Labute approximate surface area is 305 Å². The first-order valence-corrected chi connectivity index (χ1v) is 15.7. The van der Waals surface area contributed by atoms with E-state index in [1.54, 1.807) is 59.9 Å². The predicted molar refractivity (Wildman–Crippen MR) is 206 cm³/mol. The van der Waals surface area contributed by atoms with Crippen LogP contribution in [0.3, 0.4) is 0 Å². The lowest BCUT2D eigenvalue weighted by Crippen LogP contribution is -2.10. The molecule has 0 unspecified atom stereocenters. The van der Waals surface area contributed by atoms with Gasteiger partial charge < -0.3 is 31.3 Å². The summed E-state index contributed by atoms with van der Waals surface area (Å²) in [6, 6.07) is 29.4. The first-order chi connectivity index (χ1) is 24.6. The molecule has 0 fully saturated rings. The van der Waals surface area contributed by atoms with Gasteiger partial charge in [-0.3, -0.25) is 19.0 Å². The molecule has 8 aromatic rings. The summed E-state index contributed by atoms with van der Waals surface area (Å²) in [5.74, 6) is 0.675. The second kappa shape index (κ2) is 14.9. The number of carbonyl (C=O) groups excluding carboxylic acids is 2. The third-order valence-corrected chi connectivity index (χ3v) is 8.31. The molecule has 0 aliphatic rings. The number of nitrogens with zero attached hydrogens (tertiary/aromatic N) is 6. The summed E-state index contributed by atoms with van der Waals surface area (Å²) in [6.45, 7) is 0. The third kappa shape index (κ3) is 6.93. The van der Waals surface area contributed by atoms with Gasteiger partial charge >= 0.3 is 0 Å². The number of aryl methyl sites for hydroxylation is 2. The van der Waals surface area contributed by atoms with Gasteiger partial charge in [0.1, 0.15) is 11.4 Å². The van der Waals surface area contributed by atoms with E-state index in [2.05, 4.69) is 30.1 Å². The first kappa shape index (κ1) is 37.0. The average Bonchev–Trinajstić information content (AvgIpc) is 3.90. The zero-order valence-electron chi connectivity index (χ0n) is 27.7. The number of primary amides is 2. The first-order valence-electron chi connectivity index (χ1n) is 15.7. The largest absolute Gasteiger partial charge is 0.504 e. The van der Waals surface area contributed by atoms with E-state index < -0.39 is 11.8 Å². The summed E-state index contributed by atoms with van der Waals surface area (Å²) >= 11 is 0. The highest BCUT2D eigenvalue weighted by Gasteiger charge is 2.23. The van der Waals surface area contributed by atoms with Crippen LogP contribution in [0.15, 0.2) is 97.1 Å². The highest BCUT2D eigenvalue weighted by atomic mass is 16.5. The number of aromatic amines is 2. The molecular weight excluding hydrogens is 672 g/mol. The van der Waals surface area contributed by atoms with Crippen molar-refractivity contribution in [1.29, 1.82) is 0 Å². The number of aromatic hydroxyl groups is 1. The number of methoxy groups -OCH3 is 1. The quantitative estimate of drug-likeness (QED) is 0.124. The van der Waals surface area contributed by atoms with E-state index in [1.165, 1.54) is 0 Å². The summed E-state index contributed by atoms with van der Waals surface area (Å²) < 4.78 is 9.03. The Morgan fingerprint density at radius 2 is 1.09 bits per heavy atom. The highest BCUT2D eigenvalue weighted by Crippen LogP contribution is 2.38. The summed E-state index contributed by atoms with van der Waals surface area (Å²) in [5, 5.41) is 19.6. The lowest BCUT2D eigenvalue weighted by molar-refractivity contribution is 0.0992. The van der Waals surface area contributed by atoms with E-state index >= 15 is 0 Å².